The lowest BCUT2D eigenvalue weighted by molar-refractivity contribution is 0.0949. The molecule has 0 bridgehead atoms. The van der Waals surface area contributed by atoms with Crippen LogP contribution >= 0.6 is 23.4 Å². The Hall–Kier alpha value is -2.35. The molecule has 0 radical (unpaired) electrons. The Kier molecular flexibility index (Phi) is 11.1. The number of nitrogens with zero attached hydrogens (tertiary/aromatic N) is 4. The minimum atomic E-state index is -0.0248. The second-order valence-corrected chi connectivity index (χ2v) is 10.1. The van der Waals surface area contributed by atoms with E-state index in [4.69, 9.17) is 11.6 Å². The molecular formula is C27H36ClN5OS. The Morgan fingerprint density at radius 3 is 2.66 bits per heavy atom. The summed E-state index contributed by atoms with van der Waals surface area (Å²) < 4.78 is 0. The predicted molar refractivity (Wildman–Crippen MR) is 147 cm³/mol. The summed E-state index contributed by atoms with van der Waals surface area (Å²) in [6.07, 6.45) is 8.52. The Bertz CT molecular complexity index is 974. The van der Waals surface area contributed by atoms with E-state index in [1.807, 2.05) is 41.3 Å². The average molecular weight is 514 g/mol. The molecule has 2 heterocycles. The molecule has 8 heteroatoms. The lowest BCUT2D eigenvalue weighted by atomic mass is 10.0. The normalized spacial score (nSPS) is 16.0. The van der Waals surface area contributed by atoms with Crippen LogP contribution in [-0.4, -0.2) is 59.5 Å². The number of hydrogen-bond donors (Lipinski definition) is 1. The van der Waals surface area contributed by atoms with Crippen LogP contribution in [0.2, 0.25) is 5.15 Å². The van der Waals surface area contributed by atoms with Crippen LogP contribution in [0.25, 0.3) is 0 Å². The van der Waals surface area contributed by atoms with Crippen LogP contribution in [0.1, 0.15) is 48.5 Å². The Morgan fingerprint density at radius 2 is 1.97 bits per heavy atom. The number of carbonyl (C=O) groups excluding carboxylic acids is 1. The van der Waals surface area contributed by atoms with E-state index in [2.05, 4.69) is 40.3 Å². The fourth-order valence-electron chi connectivity index (χ4n) is 4.16. The molecular weight excluding hydrogens is 478 g/mol. The summed E-state index contributed by atoms with van der Waals surface area (Å²) in [6.45, 7) is 14.1. The second-order valence-electron chi connectivity index (χ2n) is 8.79. The highest BCUT2D eigenvalue weighted by Gasteiger charge is 2.17. The minimum Gasteiger partial charge on any atom is -0.352 e. The van der Waals surface area contributed by atoms with E-state index in [1.54, 1.807) is 6.07 Å². The molecule has 0 saturated carbocycles. The van der Waals surface area contributed by atoms with Crippen LogP contribution in [0.4, 0.5) is 5.82 Å². The molecule has 35 heavy (non-hydrogen) atoms. The zero-order valence-electron chi connectivity index (χ0n) is 20.6. The van der Waals surface area contributed by atoms with Gasteiger partial charge in [0.05, 0.1) is 0 Å². The van der Waals surface area contributed by atoms with Gasteiger partial charge in [-0.25, -0.2) is 9.97 Å². The number of rotatable bonds is 13. The smallest absolute Gasteiger partial charge is 0.251 e. The van der Waals surface area contributed by atoms with Gasteiger partial charge in [-0.3, -0.25) is 4.79 Å². The van der Waals surface area contributed by atoms with Gasteiger partial charge >= 0.3 is 0 Å². The van der Waals surface area contributed by atoms with E-state index in [9.17, 15) is 4.79 Å². The minimum absolute atomic E-state index is 0.0248. The maximum absolute atomic E-state index is 12.5. The van der Waals surface area contributed by atoms with Gasteiger partial charge in [0.15, 0.2) is 5.16 Å². The molecule has 1 aromatic carbocycles. The Morgan fingerprint density at radius 1 is 1.23 bits per heavy atom. The van der Waals surface area contributed by atoms with Gasteiger partial charge in [-0.1, -0.05) is 54.1 Å². The van der Waals surface area contributed by atoms with Crippen molar-refractivity contribution in [2.75, 3.05) is 37.6 Å². The fraction of sp³-hybridized carbons (Fsp3) is 0.444. The van der Waals surface area contributed by atoms with Gasteiger partial charge in [-0.05, 0) is 50.4 Å². The van der Waals surface area contributed by atoms with Crippen molar-refractivity contribution in [1.29, 1.82) is 0 Å². The fourth-order valence-corrected chi connectivity index (χ4v) is 5.20. The number of aromatic nitrogens is 2. The summed E-state index contributed by atoms with van der Waals surface area (Å²) in [4.78, 5) is 26.1. The highest BCUT2D eigenvalue weighted by molar-refractivity contribution is 7.98. The first-order valence-electron chi connectivity index (χ1n) is 12.3. The van der Waals surface area contributed by atoms with Crippen molar-refractivity contribution in [1.82, 2.24) is 20.2 Å². The van der Waals surface area contributed by atoms with Crippen molar-refractivity contribution in [3.8, 4) is 0 Å². The molecule has 1 aliphatic heterocycles. The number of benzene rings is 1. The van der Waals surface area contributed by atoms with E-state index >= 15 is 0 Å². The van der Waals surface area contributed by atoms with E-state index in [0.29, 0.717) is 47.3 Å². The second kappa shape index (κ2) is 14.3. The molecule has 1 fully saturated rings. The number of halogens is 1. The van der Waals surface area contributed by atoms with E-state index in [-0.39, 0.29) is 5.91 Å². The third-order valence-electron chi connectivity index (χ3n) is 6.12. The van der Waals surface area contributed by atoms with Gasteiger partial charge in [-0.2, -0.15) is 0 Å². The maximum atomic E-state index is 12.5. The third kappa shape index (κ3) is 8.67. The molecule has 2 aromatic rings. The summed E-state index contributed by atoms with van der Waals surface area (Å²) in [6, 6.07) is 10.1. The first kappa shape index (κ1) is 27.2. The number of anilines is 1. The lowest BCUT2D eigenvalue weighted by Gasteiger charge is -2.33. The van der Waals surface area contributed by atoms with Gasteiger partial charge in [0.2, 0.25) is 0 Å². The third-order valence-corrected chi connectivity index (χ3v) is 7.23. The molecule has 1 saturated heterocycles. The molecule has 0 aliphatic carbocycles. The average Bonchev–Trinajstić information content (AvgIpc) is 2.86. The first-order chi connectivity index (χ1) is 17.0. The zero-order valence-corrected chi connectivity index (χ0v) is 22.2. The molecule has 1 N–H and O–H groups in total. The first-order valence-corrected chi connectivity index (χ1v) is 13.6. The van der Waals surface area contributed by atoms with Gasteiger partial charge in [0, 0.05) is 49.6 Å². The molecule has 3 rings (SSSR count). The summed E-state index contributed by atoms with van der Waals surface area (Å²) in [5.74, 6) is 1.40. The molecule has 1 atom stereocenters. The standard InChI is InChI=1S/C27H36ClN5OS/c1-4-15-33(16-5-2)25-19-24(28)30-27(31-25)35-20-22-10-12-23(13-11-22)26(34)29-14-8-18-32-17-7-6-9-21(32)3/h4-5,10-13,19,21H,1-2,6-9,14-18,20H2,3H3,(H,29,34). The highest BCUT2D eigenvalue weighted by Crippen LogP contribution is 2.25. The monoisotopic (exact) mass is 513 g/mol. The topological polar surface area (TPSA) is 61.4 Å². The van der Waals surface area contributed by atoms with Crippen molar-refractivity contribution in [2.24, 2.45) is 0 Å². The molecule has 1 aliphatic rings. The molecule has 188 valence electrons. The Labute approximate surface area is 218 Å². The number of nitrogens with one attached hydrogen (secondary N) is 1. The van der Waals surface area contributed by atoms with Crippen molar-refractivity contribution in [3.05, 3.63) is 71.9 Å². The summed E-state index contributed by atoms with van der Waals surface area (Å²) in [5.41, 5.74) is 1.76. The number of thioether (sulfide) groups is 1. The SMILES string of the molecule is C=CCN(CC=C)c1cc(Cl)nc(SCc2ccc(C(=O)NCCCN3CCCCC3C)cc2)n1. The van der Waals surface area contributed by atoms with E-state index in [0.717, 1.165) is 24.3 Å². The van der Waals surface area contributed by atoms with Crippen LogP contribution in [0.5, 0.6) is 0 Å². The summed E-state index contributed by atoms with van der Waals surface area (Å²) in [5, 5.41) is 4.06. The van der Waals surface area contributed by atoms with Crippen LogP contribution in [0.3, 0.4) is 0 Å². The van der Waals surface area contributed by atoms with Gasteiger partial charge in [0.25, 0.3) is 5.91 Å². The summed E-state index contributed by atoms with van der Waals surface area (Å²) in [7, 11) is 0. The molecule has 1 aromatic heterocycles. The largest absolute Gasteiger partial charge is 0.352 e. The molecule has 1 unspecified atom stereocenters. The van der Waals surface area contributed by atoms with Gasteiger partial charge < -0.3 is 15.1 Å². The molecule has 1 amide bonds. The summed E-state index contributed by atoms with van der Waals surface area (Å²) >= 11 is 7.76. The number of likely N-dealkylation sites (tertiary alicyclic amines) is 1. The van der Waals surface area contributed by atoms with Crippen LogP contribution < -0.4 is 10.2 Å². The van der Waals surface area contributed by atoms with Crippen LogP contribution in [0.15, 0.2) is 60.8 Å². The van der Waals surface area contributed by atoms with Crippen LogP contribution in [-0.2, 0) is 5.75 Å². The Balaban J connectivity index is 1.48. The molecule has 0 spiro atoms. The predicted octanol–water partition coefficient (Wildman–Crippen LogP) is 5.60. The van der Waals surface area contributed by atoms with Crippen molar-refractivity contribution < 1.29 is 4.79 Å². The van der Waals surface area contributed by atoms with Crippen molar-refractivity contribution >= 4 is 35.1 Å². The number of piperidine rings is 1. The van der Waals surface area contributed by atoms with E-state index < -0.39 is 0 Å². The molecule has 6 nitrogen and oxygen atoms in total. The van der Waals surface area contributed by atoms with Gasteiger partial charge in [-0.15, -0.1) is 13.2 Å². The number of carbonyl (C=O) groups is 1. The van der Waals surface area contributed by atoms with Crippen molar-refractivity contribution in [2.45, 2.75) is 49.6 Å². The maximum Gasteiger partial charge on any atom is 0.251 e. The van der Waals surface area contributed by atoms with E-state index in [1.165, 1.54) is 37.6 Å². The number of hydrogen-bond acceptors (Lipinski definition) is 6. The zero-order chi connectivity index (χ0) is 25.0. The number of amides is 1. The lowest BCUT2D eigenvalue weighted by Crippen LogP contribution is -2.39. The van der Waals surface area contributed by atoms with Crippen molar-refractivity contribution in [3.63, 3.8) is 0 Å². The highest BCUT2D eigenvalue weighted by atomic mass is 35.5. The quantitative estimate of drug-likeness (QED) is 0.124. The van der Waals surface area contributed by atoms with Gasteiger partial charge in [0.1, 0.15) is 11.0 Å². The van der Waals surface area contributed by atoms with Crippen LogP contribution in [0, 0.1) is 0 Å².